The predicted molar refractivity (Wildman–Crippen MR) is 43.5 cm³/mol. The molecule has 6 heteroatoms. The highest BCUT2D eigenvalue weighted by Gasteiger charge is 2.14. The van der Waals surface area contributed by atoms with Crippen LogP contribution in [0.25, 0.3) is 0 Å². The molecule has 0 aliphatic heterocycles. The number of alkyl halides is 1. The third-order valence-electron chi connectivity index (χ3n) is 1.60. The molecule has 0 spiro atoms. The molecule has 0 saturated carbocycles. The molecule has 0 bridgehead atoms. The van der Waals surface area contributed by atoms with Gasteiger partial charge in [0.05, 0.1) is 5.88 Å². The molecule has 1 heterocycles. The number of carbonyl (C=O) groups is 1. The minimum atomic E-state index is -0.450. The first-order chi connectivity index (χ1) is 5.66. The molecular formula is C6H9ClN4O. The number of halogens is 1. The molecule has 12 heavy (non-hydrogen) atoms. The number of hydrogen-bond donors (Lipinski definition) is 1. The van der Waals surface area contributed by atoms with Gasteiger partial charge in [0.25, 0.3) is 0 Å². The number of aromatic nitrogens is 3. The van der Waals surface area contributed by atoms with Crippen molar-refractivity contribution in [2.45, 2.75) is 18.8 Å². The second kappa shape index (κ2) is 3.53. The number of nitrogens with two attached hydrogens (primary N) is 1. The normalized spacial score (nSPS) is 12.8. The Balaban J connectivity index is 2.93. The van der Waals surface area contributed by atoms with Crippen LogP contribution in [-0.4, -0.2) is 20.7 Å². The zero-order chi connectivity index (χ0) is 9.14. The fourth-order valence-electron chi connectivity index (χ4n) is 0.823. The van der Waals surface area contributed by atoms with E-state index in [1.165, 1.54) is 6.33 Å². The lowest BCUT2D eigenvalue weighted by molar-refractivity contribution is -0.120. The van der Waals surface area contributed by atoms with Crippen molar-refractivity contribution < 1.29 is 4.79 Å². The van der Waals surface area contributed by atoms with E-state index in [0.717, 1.165) is 0 Å². The van der Waals surface area contributed by atoms with E-state index in [4.69, 9.17) is 17.3 Å². The summed E-state index contributed by atoms with van der Waals surface area (Å²) in [5.41, 5.74) is 5.09. The van der Waals surface area contributed by atoms with Gasteiger partial charge in [-0.25, -0.2) is 0 Å². The molecule has 1 rings (SSSR count). The topological polar surface area (TPSA) is 73.8 Å². The maximum absolute atomic E-state index is 10.8. The Bertz CT molecular complexity index is 285. The van der Waals surface area contributed by atoms with Crippen molar-refractivity contribution >= 4 is 17.5 Å². The van der Waals surface area contributed by atoms with Crippen LogP contribution in [0.2, 0.25) is 0 Å². The van der Waals surface area contributed by atoms with Crippen LogP contribution in [0, 0.1) is 0 Å². The van der Waals surface area contributed by atoms with Crippen molar-refractivity contribution in [1.29, 1.82) is 0 Å². The average Bonchev–Trinajstić information content (AvgIpc) is 2.49. The van der Waals surface area contributed by atoms with Crippen molar-refractivity contribution in [2.24, 2.45) is 5.73 Å². The van der Waals surface area contributed by atoms with Gasteiger partial charge in [0.1, 0.15) is 18.2 Å². The Morgan fingerprint density at radius 3 is 3.08 bits per heavy atom. The molecular weight excluding hydrogens is 180 g/mol. The quantitative estimate of drug-likeness (QED) is 0.682. The van der Waals surface area contributed by atoms with E-state index in [1.807, 2.05) is 0 Å². The molecule has 0 fully saturated rings. The molecule has 0 radical (unpaired) electrons. The van der Waals surface area contributed by atoms with Crippen LogP contribution in [0.4, 0.5) is 0 Å². The molecule has 2 N–H and O–H groups in total. The highest BCUT2D eigenvalue weighted by Crippen LogP contribution is 2.08. The number of amides is 1. The Hall–Kier alpha value is -1.10. The maximum atomic E-state index is 10.8. The Kier molecular flexibility index (Phi) is 2.65. The van der Waals surface area contributed by atoms with Crippen molar-refractivity contribution in [2.75, 3.05) is 0 Å². The fourth-order valence-corrected chi connectivity index (χ4v) is 1.01. The lowest BCUT2D eigenvalue weighted by Gasteiger charge is -2.09. The Morgan fingerprint density at radius 2 is 2.58 bits per heavy atom. The van der Waals surface area contributed by atoms with E-state index in [1.54, 1.807) is 11.5 Å². The van der Waals surface area contributed by atoms with E-state index in [0.29, 0.717) is 5.82 Å². The van der Waals surface area contributed by atoms with Crippen molar-refractivity contribution in [1.82, 2.24) is 14.8 Å². The predicted octanol–water partition coefficient (Wildman–Crippen LogP) is 0.0632. The van der Waals surface area contributed by atoms with Crippen molar-refractivity contribution in [3.05, 3.63) is 12.2 Å². The second-order valence-corrected chi connectivity index (χ2v) is 2.63. The van der Waals surface area contributed by atoms with Gasteiger partial charge in [-0.3, -0.25) is 4.79 Å². The third kappa shape index (κ3) is 1.55. The molecule has 0 aliphatic rings. The summed E-state index contributed by atoms with van der Waals surface area (Å²) in [6, 6.07) is -0.450. The van der Waals surface area contributed by atoms with E-state index < -0.39 is 11.9 Å². The molecule has 1 amide bonds. The first kappa shape index (κ1) is 8.99. The number of primary amides is 1. The summed E-state index contributed by atoms with van der Waals surface area (Å²) in [4.78, 5) is 10.8. The molecule has 1 atom stereocenters. The van der Waals surface area contributed by atoms with Gasteiger partial charge >= 0.3 is 0 Å². The van der Waals surface area contributed by atoms with Crippen LogP contribution < -0.4 is 5.73 Å². The van der Waals surface area contributed by atoms with E-state index in [-0.39, 0.29) is 5.88 Å². The largest absolute Gasteiger partial charge is 0.368 e. The van der Waals surface area contributed by atoms with Crippen molar-refractivity contribution in [3.63, 3.8) is 0 Å². The van der Waals surface area contributed by atoms with Gasteiger partial charge < -0.3 is 10.3 Å². The molecule has 0 saturated heterocycles. The number of hydrogen-bond acceptors (Lipinski definition) is 3. The van der Waals surface area contributed by atoms with E-state index >= 15 is 0 Å². The Labute approximate surface area is 74.5 Å². The molecule has 1 aromatic rings. The first-order valence-corrected chi connectivity index (χ1v) is 3.94. The number of nitrogens with zero attached hydrogens (tertiary/aromatic N) is 3. The third-order valence-corrected chi connectivity index (χ3v) is 1.83. The zero-order valence-corrected chi connectivity index (χ0v) is 7.32. The summed E-state index contributed by atoms with van der Waals surface area (Å²) in [5, 5.41) is 7.33. The Morgan fingerprint density at radius 1 is 1.92 bits per heavy atom. The summed E-state index contributed by atoms with van der Waals surface area (Å²) < 4.78 is 1.55. The van der Waals surface area contributed by atoms with Gasteiger partial charge in [-0.15, -0.1) is 21.8 Å². The van der Waals surface area contributed by atoms with Crippen LogP contribution in [0.5, 0.6) is 0 Å². The highest BCUT2D eigenvalue weighted by molar-refractivity contribution is 6.16. The molecule has 0 aromatic carbocycles. The maximum Gasteiger partial charge on any atom is 0.240 e. The zero-order valence-electron chi connectivity index (χ0n) is 6.57. The van der Waals surface area contributed by atoms with Gasteiger partial charge in [0.2, 0.25) is 5.91 Å². The molecule has 66 valence electrons. The average molecular weight is 189 g/mol. The number of carbonyl (C=O) groups excluding carboxylic acids is 1. The summed E-state index contributed by atoms with van der Waals surface area (Å²) in [7, 11) is 0. The lowest BCUT2D eigenvalue weighted by atomic mass is 10.3. The second-order valence-electron chi connectivity index (χ2n) is 2.37. The molecule has 5 nitrogen and oxygen atoms in total. The van der Waals surface area contributed by atoms with Gasteiger partial charge in [-0.1, -0.05) is 0 Å². The smallest absolute Gasteiger partial charge is 0.240 e. The molecule has 0 aliphatic carbocycles. The van der Waals surface area contributed by atoms with Crippen molar-refractivity contribution in [3.8, 4) is 0 Å². The fraction of sp³-hybridized carbons (Fsp3) is 0.500. The van der Waals surface area contributed by atoms with Crippen LogP contribution >= 0.6 is 11.6 Å². The van der Waals surface area contributed by atoms with Crippen LogP contribution in [0.15, 0.2) is 6.33 Å². The van der Waals surface area contributed by atoms with Gasteiger partial charge in [-0.2, -0.15) is 0 Å². The SMILES string of the molecule is CC(C(N)=O)n1cnnc1CCl. The standard InChI is InChI=1S/C6H9ClN4O/c1-4(6(8)12)11-3-9-10-5(11)2-7/h3-4H,2H2,1H3,(H2,8,12). The molecule has 1 aromatic heterocycles. The molecule has 1 unspecified atom stereocenters. The summed E-state index contributed by atoms with van der Waals surface area (Å²) in [5.74, 6) is 0.335. The lowest BCUT2D eigenvalue weighted by Crippen LogP contribution is -2.24. The van der Waals surface area contributed by atoms with Crippen LogP contribution in [-0.2, 0) is 10.7 Å². The van der Waals surface area contributed by atoms with Gasteiger partial charge in [0, 0.05) is 0 Å². The minimum absolute atomic E-state index is 0.220. The van der Waals surface area contributed by atoms with Gasteiger partial charge in [-0.05, 0) is 6.92 Å². The first-order valence-electron chi connectivity index (χ1n) is 3.40. The van der Waals surface area contributed by atoms with E-state index in [9.17, 15) is 4.79 Å². The summed E-state index contributed by atoms with van der Waals surface area (Å²) in [6.45, 7) is 1.67. The summed E-state index contributed by atoms with van der Waals surface area (Å²) in [6.07, 6.45) is 1.44. The van der Waals surface area contributed by atoms with E-state index in [2.05, 4.69) is 10.2 Å². The number of rotatable bonds is 3. The van der Waals surface area contributed by atoms with Gasteiger partial charge in [0.15, 0.2) is 0 Å². The highest BCUT2D eigenvalue weighted by atomic mass is 35.5. The van der Waals surface area contributed by atoms with Crippen LogP contribution in [0.1, 0.15) is 18.8 Å². The minimum Gasteiger partial charge on any atom is -0.368 e. The van der Waals surface area contributed by atoms with Crippen LogP contribution in [0.3, 0.4) is 0 Å². The summed E-state index contributed by atoms with van der Waals surface area (Å²) >= 11 is 5.55. The monoisotopic (exact) mass is 188 g/mol.